The number of nitrogens with zero attached hydrogens (tertiary/aromatic N) is 4. The van der Waals surface area contributed by atoms with E-state index in [1.807, 2.05) is 86.0 Å². The lowest BCUT2D eigenvalue weighted by atomic mass is 9.73. The van der Waals surface area contributed by atoms with Crippen LogP contribution in [0.2, 0.25) is 0 Å². The number of cyclic esters (lactones) is 1. The molecule has 3 fully saturated rings. The molecule has 0 unspecified atom stereocenters. The van der Waals surface area contributed by atoms with Crippen molar-refractivity contribution in [3.8, 4) is 0 Å². The second kappa shape index (κ2) is 22.3. The number of para-hydroxylation sites is 1. The standard InChI is InChI=1S/C52H74N4O11/c1-12-41-52(9)46(56(50(61)67-52)25-19-17-20-36-27-37-21-14-15-23-39(37)54-30-36)33(5)43(58)31(3)29-51(8,62-11)47(66-49-44(59)40(55(10)13-2)26-32(4)63-49)34(6)45(35(7)48(60)64-41)65-42(57)28-38-22-16-18-24-53-38/h14-16,18,21-24,27,30-35,40-41,44-47,49,59H,12-13,17,19-20,25-26,28-29H2,1-11H3/t31-,32+,33+,34+,35-,40-,41-,44+,45+,46-,47-,49-,51-,52-/m1/s1. The number of Topliss-reactive ketones (excluding diaryl/α,β-unsaturated/α-hetero) is 1. The number of aromatic nitrogens is 2. The Morgan fingerprint density at radius 1 is 0.985 bits per heavy atom. The van der Waals surface area contributed by atoms with E-state index in [2.05, 4.69) is 20.9 Å². The lowest BCUT2D eigenvalue weighted by Gasteiger charge is -2.48. The molecule has 3 aromatic rings. The molecule has 14 atom stereocenters. The zero-order valence-electron chi connectivity index (χ0n) is 41.4. The Bertz CT molecular complexity index is 2160. The van der Waals surface area contributed by atoms with Gasteiger partial charge in [0.15, 0.2) is 11.9 Å². The van der Waals surface area contributed by atoms with Gasteiger partial charge < -0.3 is 43.3 Å². The molecular formula is C52H74N4O11. The summed E-state index contributed by atoms with van der Waals surface area (Å²) in [6, 6.07) is 14.2. The third-order valence-corrected chi connectivity index (χ3v) is 14.8. The van der Waals surface area contributed by atoms with Crippen LogP contribution in [0.25, 0.3) is 10.9 Å². The number of hydrogen-bond acceptors (Lipinski definition) is 14. The zero-order valence-corrected chi connectivity index (χ0v) is 41.4. The van der Waals surface area contributed by atoms with Crippen LogP contribution in [0.15, 0.2) is 60.9 Å². The van der Waals surface area contributed by atoms with Gasteiger partial charge >= 0.3 is 18.0 Å². The maximum Gasteiger partial charge on any atom is 0.410 e. The number of unbranched alkanes of at least 4 members (excludes halogenated alkanes) is 1. The van der Waals surface area contributed by atoms with Gasteiger partial charge in [-0.25, -0.2) is 4.79 Å². The molecule has 2 aromatic heterocycles. The number of methoxy groups -OCH3 is 1. The number of aliphatic hydroxyl groups excluding tert-OH is 1. The van der Waals surface area contributed by atoms with E-state index in [0.29, 0.717) is 31.6 Å². The average Bonchev–Trinajstić information content (AvgIpc) is 3.58. The van der Waals surface area contributed by atoms with Crippen molar-refractivity contribution in [2.75, 3.05) is 27.2 Å². The number of pyridine rings is 2. The number of esters is 2. The molecule has 0 saturated carbocycles. The number of ketones is 1. The minimum absolute atomic E-state index is 0.126. The SMILES string of the molecule is CC[C@H]1OC(=O)[C@H](C)[C@@H](OC(=O)Cc2ccccn2)[C@H](C)[C@@H](O[C@H]2O[C@@H](C)C[C@@H](N(C)CC)[C@@H]2O)[C@](C)(OC)C[C@@H](C)C(=O)[C@H](C)[C@H]2N(CCCCc3cnc4ccccc4c3)C(=O)O[C@]12C. The van der Waals surface area contributed by atoms with Gasteiger partial charge in [-0.1, -0.05) is 58.9 Å². The Labute approximate surface area is 396 Å². The molecule has 0 spiro atoms. The van der Waals surface area contributed by atoms with E-state index < -0.39 is 89.7 Å². The summed E-state index contributed by atoms with van der Waals surface area (Å²) in [6.45, 7) is 17.4. The Morgan fingerprint density at radius 3 is 2.40 bits per heavy atom. The fourth-order valence-electron chi connectivity index (χ4n) is 10.9. The van der Waals surface area contributed by atoms with Crippen molar-refractivity contribution in [2.45, 2.75) is 167 Å². The van der Waals surface area contributed by atoms with Crippen LogP contribution in [0.5, 0.6) is 0 Å². The lowest BCUT2D eigenvalue weighted by Crippen LogP contribution is -2.61. The largest absolute Gasteiger partial charge is 0.461 e. The van der Waals surface area contributed by atoms with Crippen LogP contribution in [0.3, 0.4) is 0 Å². The zero-order chi connectivity index (χ0) is 48.8. The van der Waals surface area contributed by atoms with Gasteiger partial charge in [0.25, 0.3) is 0 Å². The summed E-state index contributed by atoms with van der Waals surface area (Å²) in [5, 5.41) is 12.9. The van der Waals surface area contributed by atoms with Crippen molar-refractivity contribution in [2.24, 2.45) is 23.7 Å². The first-order valence-corrected chi connectivity index (χ1v) is 24.3. The molecule has 3 aliphatic rings. The molecular weight excluding hydrogens is 857 g/mol. The van der Waals surface area contributed by atoms with E-state index in [1.54, 1.807) is 43.1 Å². The fourth-order valence-corrected chi connectivity index (χ4v) is 10.9. The van der Waals surface area contributed by atoms with E-state index >= 15 is 4.79 Å². The third kappa shape index (κ3) is 11.5. The normalized spacial score (nSPS) is 34.3. The van der Waals surface area contributed by atoms with Crippen LogP contribution >= 0.6 is 0 Å². The molecule has 5 heterocycles. The second-order valence-corrected chi connectivity index (χ2v) is 19.7. The Kier molecular flexibility index (Phi) is 17.2. The molecule has 0 aliphatic carbocycles. The van der Waals surface area contributed by atoms with Gasteiger partial charge in [-0.05, 0) is 110 Å². The highest BCUT2D eigenvalue weighted by atomic mass is 16.7. The van der Waals surface area contributed by atoms with Gasteiger partial charge in [-0.2, -0.15) is 0 Å². The number of hydrogen-bond donors (Lipinski definition) is 1. The maximum atomic E-state index is 15.0. The highest BCUT2D eigenvalue weighted by Crippen LogP contribution is 2.44. The predicted octanol–water partition coefficient (Wildman–Crippen LogP) is 7.13. The van der Waals surface area contributed by atoms with E-state index in [1.165, 1.54) is 7.11 Å². The lowest BCUT2D eigenvalue weighted by molar-refractivity contribution is -0.302. The number of rotatable bonds is 14. The summed E-state index contributed by atoms with van der Waals surface area (Å²) in [6.07, 6.45) is 0.0868. The summed E-state index contributed by atoms with van der Waals surface area (Å²) >= 11 is 0. The minimum atomic E-state index is -1.43. The molecule has 15 nitrogen and oxygen atoms in total. The second-order valence-electron chi connectivity index (χ2n) is 19.7. The first kappa shape index (κ1) is 51.8. The molecule has 1 amide bonds. The first-order chi connectivity index (χ1) is 31.8. The average molecular weight is 931 g/mol. The number of carbonyl (C=O) groups is 4. The molecule has 0 bridgehead atoms. The maximum absolute atomic E-state index is 15.0. The molecule has 1 aromatic carbocycles. The van der Waals surface area contributed by atoms with E-state index in [-0.39, 0.29) is 37.2 Å². The molecule has 6 rings (SSSR count). The molecule has 15 heteroatoms. The predicted molar refractivity (Wildman–Crippen MR) is 252 cm³/mol. The van der Waals surface area contributed by atoms with Crippen LogP contribution in [-0.2, 0) is 55.6 Å². The monoisotopic (exact) mass is 931 g/mol. The number of aliphatic hydroxyl groups is 1. The minimum Gasteiger partial charge on any atom is -0.461 e. The van der Waals surface area contributed by atoms with Gasteiger partial charge in [0.2, 0.25) is 0 Å². The first-order valence-electron chi connectivity index (χ1n) is 24.3. The van der Waals surface area contributed by atoms with E-state index in [4.69, 9.17) is 28.4 Å². The van der Waals surface area contributed by atoms with Gasteiger partial charge in [0.1, 0.15) is 24.1 Å². The summed E-state index contributed by atoms with van der Waals surface area (Å²) in [7, 11) is 3.47. The molecule has 3 aliphatic heterocycles. The quantitative estimate of drug-likeness (QED) is 0.0982. The van der Waals surface area contributed by atoms with Crippen molar-refractivity contribution in [3.63, 3.8) is 0 Å². The summed E-state index contributed by atoms with van der Waals surface area (Å²) in [5.41, 5.74) is -0.232. The van der Waals surface area contributed by atoms with Gasteiger partial charge in [0.05, 0.1) is 47.4 Å². The van der Waals surface area contributed by atoms with Crippen molar-refractivity contribution < 1.29 is 52.7 Å². The molecule has 0 radical (unpaired) electrons. The fraction of sp³-hybridized carbons (Fsp3) is 0.654. The number of ether oxygens (including phenoxy) is 6. The molecule has 67 heavy (non-hydrogen) atoms. The summed E-state index contributed by atoms with van der Waals surface area (Å²) in [5.74, 6) is -4.79. The van der Waals surface area contributed by atoms with Crippen molar-refractivity contribution >= 4 is 34.7 Å². The third-order valence-electron chi connectivity index (χ3n) is 14.8. The molecule has 1 N–H and O–H groups in total. The van der Waals surface area contributed by atoms with Gasteiger partial charge in [0, 0.05) is 55.2 Å². The van der Waals surface area contributed by atoms with Crippen LogP contribution in [-0.4, -0.2) is 136 Å². The molecule has 3 saturated heterocycles. The summed E-state index contributed by atoms with van der Waals surface area (Å²) in [4.78, 5) is 70.5. The van der Waals surface area contributed by atoms with Crippen LogP contribution in [0.1, 0.15) is 106 Å². The number of amides is 1. The number of likely N-dealkylation sites (N-methyl/N-ethyl adjacent to an activating group) is 1. The topological polar surface area (TPSA) is 176 Å². The Morgan fingerprint density at radius 2 is 1.72 bits per heavy atom. The van der Waals surface area contributed by atoms with E-state index in [9.17, 15) is 19.5 Å². The van der Waals surface area contributed by atoms with Gasteiger partial charge in [-0.3, -0.25) is 24.4 Å². The highest BCUT2D eigenvalue weighted by Gasteiger charge is 2.60. The van der Waals surface area contributed by atoms with Crippen LogP contribution in [0.4, 0.5) is 4.79 Å². The Hall–Kier alpha value is -4.54. The number of benzene rings is 1. The molecule has 368 valence electrons. The van der Waals surface area contributed by atoms with Crippen molar-refractivity contribution in [1.29, 1.82) is 0 Å². The van der Waals surface area contributed by atoms with E-state index in [0.717, 1.165) is 29.3 Å². The van der Waals surface area contributed by atoms with Gasteiger partial charge in [-0.15, -0.1) is 0 Å². The highest BCUT2D eigenvalue weighted by molar-refractivity contribution is 5.85. The number of carbonyl (C=O) groups excluding carboxylic acids is 4. The van der Waals surface area contributed by atoms with Crippen molar-refractivity contribution in [1.82, 2.24) is 19.8 Å². The Balaban J connectivity index is 1.36. The van der Waals surface area contributed by atoms with Crippen LogP contribution in [0, 0.1) is 23.7 Å². The summed E-state index contributed by atoms with van der Waals surface area (Å²) < 4.78 is 38.7. The van der Waals surface area contributed by atoms with Crippen molar-refractivity contribution in [3.05, 3.63) is 72.2 Å². The number of aryl methyl sites for hydroxylation is 1. The van der Waals surface area contributed by atoms with Crippen LogP contribution < -0.4 is 0 Å². The smallest absolute Gasteiger partial charge is 0.410 e. The number of fused-ring (bicyclic) bond motifs is 2.